The molecule has 22 heavy (non-hydrogen) atoms. The molecule has 3 rings (SSSR count). The zero-order valence-electron chi connectivity index (χ0n) is 12.2. The summed E-state index contributed by atoms with van der Waals surface area (Å²) < 4.78 is 5.72. The van der Waals surface area contributed by atoms with Crippen molar-refractivity contribution in [1.82, 2.24) is 10.2 Å². The average molecular weight is 341 g/mol. The van der Waals surface area contributed by atoms with Gasteiger partial charge in [0.1, 0.15) is 5.76 Å². The molecular weight excluding hydrogens is 323 g/mol. The van der Waals surface area contributed by atoms with Crippen LogP contribution in [0.5, 0.6) is 0 Å². The van der Waals surface area contributed by atoms with Crippen LogP contribution < -0.4 is 5.32 Å². The Labute approximate surface area is 140 Å². The molecular formula is C16H18Cl2N2O2. The largest absolute Gasteiger partial charge is 0.451 e. The molecule has 118 valence electrons. The number of nitrogens with zero attached hydrogens (tertiary/aromatic N) is 1. The predicted molar refractivity (Wildman–Crippen MR) is 89.8 cm³/mol. The summed E-state index contributed by atoms with van der Waals surface area (Å²) in [6.45, 7) is 4.35. The summed E-state index contributed by atoms with van der Waals surface area (Å²) >= 11 is 6.16. The molecule has 1 fully saturated rings. The molecule has 4 nitrogen and oxygen atoms in total. The fraction of sp³-hybridized carbons (Fsp3) is 0.312. The topological polar surface area (TPSA) is 45.5 Å². The van der Waals surface area contributed by atoms with Crippen molar-refractivity contribution in [3.05, 3.63) is 47.2 Å². The second kappa shape index (κ2) is 7.18. The van der Waals surface area contributed by atoms with Crippen LogP contribution >= 0.6 is 24.0 Å². The maximum Gasteiger partial charge on any atom is 0.289 e. The highest BCUT2D eigenvalue weighted by molar-refractivity contribution is 6.33. The Morgan fingerprint density at radius 1 is 1.32 bits per heavy atom. The summed E-state index contributed by atoms with van der Waals surface area (Å²) in [5.74, 6) is 0.910. The van der Waals surface area contributed by atoms with Crippen LogP contribution in [0, 0.1) is 0 Å². The monoisotopic (exact) mass is 340 g/mol. The normalized spacial score (nSPS) is 17.9. The number of halogens is 2. The number of carbonyl (C=O) groups excluding carboxylic acids is 1. The predicted octanol–water partition coefficient (Wildman–Crippen LogP) is 3.46. The van der Waals surface area contributed by atoms with E-state index in [-0.39, 0.29) is 24.4 Å². The van der Waals surface area contributed by atoms with Crippen LogP contribution in [0.25, 0.3) is 11.3 Å². The van der Waals surface area contributed by atoms with E-state index in [1.807, 2.05) is 30.0 Å². The molecule has 2 heterocycles. The van der Waals surface area contributed by atoms with Crippen molar-refractivity contribution >= 4 is 29.9 Å². The van der Waals surface area contributed by atoms with E-state index < -0.39 is 0 Å². The van der Waals surface area contributed by atoms with E-state index in [1.54, 1.807) is 18.2 Å². The van der Waals surface area contributed by atoms with Gasteiger partial charge >= 0.3 is 0 Å². The number of benzene rings is 1. The first kappa shape index (κ1) is 16.9. The third-order valence-electron chi connectivity index (χ3n) is 3.72. The number of carbonyl (C=O) groups is 1. The van der Waals surface area contributed by atoms with Gasteiger partial charge in [-0.15, -0.1) is 12.4 Å². The zero-order valence-corrected chi connectivity index (χ0v) is 13.8. The van der Waals surface area contributed by atoms with E-state index in [9.17, 15) is 4.79 Å². The highest BCUT2D eigenvalue weighted by Crippen LogP contribution is 2.29. The second-order valence-electron chi connectivity index (χ2n) is 5.20. The first-order valence-corrected chi connectivity index (χ1v) is 7.41. The highest BCUT2D eigenvalue weighted by Gasteiger charge is 2.26. The molecule has 2 aromatic rings. The molecule has 0 aliphatic carbocycles. The Morgan fingerprint density at radius 3 is 2.82 bits per heavy atom. The Kier molecular flexibility index (Phi) is 5.51. The van der Waals surface area contributed by atoms with Gasteiger partial charge in [-0.1, -0.05) is 23.7 Å². The molecule has 1 saturated heterocycles. The lowest BCUT2D eigenvalue weighted by Gasteiger charge is -2.33. The number of rotatable bonds is 2. The maximum atomic E-state index is 12.5. The van der Waals surface area contributed by atoms with E-state index in [4.69, 9.17) is 16.0 Å². The zero-order chi connectivity index (χ0) is 14.8. The Balaban J connectivity index is 0.00000176. The molecule has 0 bridgehead atoms. The standard InChI is InChI=1S/C16H17ClN2O2.ClH/c1-11-10-18-8-9-19(11)16(20)15-7-6-14(21-15)12-4-2-3-5-13(12)17;/h2-7,11,18H,8-10H2,1H3;1H. The van der Waals surface area contributed by atoms with Crippen molar-refractivity contribution in [1.29, 1.82) is 0 Å². The summed E-state index contributed by atoms with van der Waals surface area (Å²) in [4.78, 5) is 14.4. The second-order valence-corrected chi connectivity index (χ2v) is 5.60. The molecule has 0 radical (unpaired) electrons. The van der Waals surface area contributed by atoms with Crippen molar-refractivity contribution in [2.24, 2.45) is 0 Å². The molecule has 0 saturated carbocycles. The lowest BCUT2D eigenvalue weighted by atomic mass is 10.2. The average Bonchev–Trinajstić information content (AvgIpc) is 2.97. The number of furan rings is 1. The van der Waals surface area contributed by atoms with Crippen LogP contribution in [0.3, 0.4) is 0 Å². The van der Waals surface area contributed by atoms with Crippen LogP contribution in [0.1, 0.15) is 17.5 Å². The lowest BCUT2D eigenvalue weighted by molar-refractivity contribution is 0.0624. The SMILES string of the molecule is CC1CNCCN1C(=O)c1ccc(-c2ccccc2Cl)o1.Cl. The number of nitrogens with one attached hydrogen (secondary N) is 1. The van der Waals surface area contributed by atoms with Gasteiger partial charge in [0.15, 0.2) is 5.76 Å². The fourth-order valence-corrected chi connectivity index (χ4v) is 2.77. The summed E-state index contributed by atoms with van der Waals surface area (Å²) in [5, 5.41) is 3.88. The van der Waals surface area contributed by atoms with Gasteiger partial charge in [-0.25, -0.2) is 0 Å². The van der Waals surface area contributed by atoms with Gasteiger partial charge in [-0.3, -0.25) is 4.79 Å². The molecule has 1 aromatic carbocycles. The molecule has 0 spiro atoms. The van der Waals surface area contributed by atoms with Gasteiger partial charge in [0.2, 0.25) is 0 Å². The Morgan fingerprint density at radius 2 is 2.09 bits per heavy atom. The number of hydrogen-bond acceptors (Lipinski definition) is 3. The smallest absolute Gasteiger partial charge is 0.289 e. The number of amides is 1. The van der Waals surface area contributed by atoms with Crippen molar-refractivity contribution < 1.29 is 9.21 Å². The summed E-state index contributed by atoms with van der Waals surface area (Å²) in [6, 6.07) is 11.1. The molecule has 1 amide bonds. The van der Waals surface area contributed by atoms with Crippen LogP contribution in [-0.2, 0) is 0 Å². The van der Waals surface area contributed by atoms with Crippen LogP contribution in [-0.4, -0.2) is 36.5 Å². The quantitative estimate of drug-likeness (QED) is 0.910. The molecule has 1 aliphatic rings. The van der Waals surface area contributed by atoms with E-state index in [0.29, 0.717) is 23.1 Å². The highest BCUT2D eigenvalue weighted by atomic mass is 35.5. The van der Waals surface area contributed by atoms with Gasteiger partial charge in [0, 0.05) is 31.2 Å². The van der Waals surface area contributed by atoms with Crippen molar-refractivity contribution in [2.75, 3.05) is 19.6 Å². The lowest BCUT2D eigenvalue weighted by Crippen LogP contribution is -2.52. The number of piperazine rings is 1. The molecule has 1 aliphatic heterocycles. The van der Waals surface area contributed by atoms with Crippen LogP contribution in [0.15, 0.2) is 40.8 Å². The van der Waals surface area contributed by atoms with Crippen molar-refractivity contribution in [3.63, 3.8) is 0 Å². The minimum absolute atomic E-state index is 0. The minimum atomic E-state index is -0.0673. The maximum absolute atomic E-state index is 12.5. The molecule has 1 N–H and O–H groups in total. The molecule has 1 atom stereocenters. The first-order chi connectivity index (χ1) is 10.2. The summed E-state index contributed by atoms with van der Waals surface area (Å²) in [5.41, 5.74) is 0.798. The third-order valence-corrected chi connectivity index (χ3v) is 4.05. The third kappa shape index (κ3) is 3.29. The first-order valence-electron chi connectivity index (χ1n) is 7.03. The van der Waals surface area contributed by atoms with Gasteiger partial charge < -0.3 is 14.6 Å². The fourth-order valence-electron chi connectivity index (χ4n) is 2.54. The molecule has 6 heteroatoms. The van der Waals surface area contributed by atoms with Crippen LogP contribution in [0.2, 0.25) is 5.02 Å². The van der Waals surface area contributed by atoms with E-state index in [0.717, 1.165) is 18.7 Å². The van der Waals surface area contributed by atoms with E-state index >= 15 is 0 Å². The van der Waals surface area contributed by atoms with Gasteiger partial charge in [0.25, 0.3) is 5.91 Å². The Bertz CT molecular complexity index is 657. The molecule has 1 unspecified atom stereocenters. The van der Waals surface area contributed by atoms with Crippen molar-refractivity contribution in [3.8, 4) is 11.3 Å². The summed E-state index contributed by atoms with van der Waals surface area (Å²) in [6.07, 6.45) is 0. The van der Waals surface area contributed by atoms with Crippen molar-refractivity contribution in [2.45, 2.75) is 13.0 Å². The number of hydrogen-bond donors (Lipinski definition) is 1. The Hall–Kier alpha value is -1.49. The van der Waals surface area contributed by atoms with Gasteiger partial charge in [-0.05, 0) is 31.2 Å². The molecule has 1 aromatic heterocycles. The summed E-state index contributed by atoms with van der Waals surface area (Å²) in [7, 11) is 0. The van der Waals surface area contributed by atoms with E-state index in [2.05, 4.69) is 5.32 Å². The van der Waals surface area contributed by atoms with Gasteiger partial charge in [0.05, 0.1) is 5.02 Å². The van der Waals surface area contributed by atoms with Gasteiger partial charge in [-0.2, -0.15) is 0 Å². The van der Waals surface area contributed by atoms with E-state index in [1.165, 1.54) is 0 Å². The minimum Gasteiger partial charge on any atom is -0.451 e. The van der Waals surface area contributed by atoms with Crippen LogP contribution in [0.4, 0.5) is 0 Å².